The topological polar surface area (TPSA) is 6.48 Å². The van der Waals surface area contributed by atoms with Crippen LogP contribution in [-0.2, 0) is 0 Å². The Labute approximate surface area is 131 Å². The van der Waals surface area contributed by atoms with E-state index < -0.39 is 0 Å². The van der Waals surface area contributed by atoms with Gasteiger partial charge in [0, 0.05) is 42.3 Å². The minimum atomic E-state index is 1.11. The molecule has 2 nitrogen and oxygen atoms in total. The Balaban J connectivity index is 2.00. The Bertz CT molecular complexity index is 589. The first-order valence-electron chi connectivity index (χ1n) is 7.45. The Hall–Kier alpha value is -1.45. The summed E-state index contributed by atoms with van der Waals surface area (Å²) in [5, 5.41) is 0. The third-order valence-corrected chi connectivity index (χ3v) is 4.86. The van der Waals surface area contributed by atoms with Gasteiger partial charge in [0.05, 0.1) is 0 Å². The van der Waals surface area contributed by atoms with Crippen LogP contribution < -0.4 is 4.90 Å². The maximum absolute atomic E-state index is 2.53. The molecule has 0 atom stereocenters. The van der Waals surface area contributed by atoms with Crippen LogP contribution in [0.25, 0.3) is 11.1 Å². The van der Waals surface area contributed by atoms with Crippen LogP contribution in [0.15, 0.2) is 53.4 Å². The number of piperazine rings is 1. The highest BCUT2D eigenvalue weighted by Crippen LogP contribution is 2.34. The SMILES string of the molecule is CSc1ccc(-c2ccccc2)c(N2CCN(C)CC2)c1. The van der Waals surface area contributed by atoms with E-state index in [1.807, 2.05) is 11.8 Å². The van der Waals surface area contributed by atoms with Crippen molar-refractivity contribution in [3.05, 3.63) is 48.5 Å². The van der Waals surface area contributed by atoms with E-state index in [4.69, 9.17) is 0 Å². The molecule has 0 aromatic heterocycles. The molecule has 110 valence electrons. The van der Waals surface area contributed by atoms with Crippen molar-refractivity contribution < 1.29 is 0 Å². The highest BCUT2D eigenvalue weighted by atomic mass is 32.2. The fourth-order valence-corrected chi connectivity index (χ4v) is 3.24. The number of anilines is 1. The number of likely N-dealkylation sites (N-methyl/N-ethyl adjacent to an activating group) is 1. The minimum absolute atomic E-state index is 1.11. The summed E-state index contributed by atoms with van der Waals surface area (Å²) in [6.07, 6.45) is 2.14. The standard InChI is InChI=1S/C18H22N2S/c1-19-10-12-20(13-11-19)18-14-16(21-2)8-9-17(18)15-6-4-3-5-7-15/h3-9,14H,10-13H2,1-2H3. The normalized spacial score (nSPS) is 16.2. The van der Waals surface area contributed by atoms with Gasteiger partial charge in [-0.2, -0.15) is 0 Å². The lowest BCUT2D eigenvalue weighted by Gasteiger charge is -2.35. The van der Waals surface area contributed by atoms with Gasteiger partial charge >= 0.3 is 0 Å². The quantitative estimate of drug-likeness (QED) is 0.795. The van der Waals surface area contributed by atoms with Gasteiger partial charge in [-0.3, -0.25) is 0 Å². The second-order valence-corrected chi connectivity index (χ2v) is 6.42. The molecule has 0 bridgehead atoms. The zero-order valence-corrected chi connectivity index (χ0v) is 13.6. The van der Waals surface area contributed by atoms with Crippen LogP contribution in [0.5, 0.6) is 0 Å². The third-order valence-electron chi connectivity index (χ3n) is 4.13. The Morgan fingerprint density at radius 3 is 2.29 bits per heavy atom. The van der Waals surface area contributed by atoms with E-state index in [1.54, 1.807) is 0 Å². The van der Waals surface area contributed by atoms with Crippen LogP contribution in [0.3, 0.4) is 0 Å². The first kappa shape index (κ1) is 14.5. The molecule has 1 saturated heterocycles. The number of nitrogens with zero attached hydrogens (tertiary/aromatic N) is 2. The van der Waals surface area contributed by atoms with Crippen molar-refractivity contribution in [2.24, 2.45) is 0 Å². The van der Waals surface area contributed by atoms with Crippen LogP contribution >= 0.6 is 11.8 Å². The van der Waals surface area contributed by atoms with Crippen molar-refractivity contribution in [2.75, 3.05) is 44.4 Å². The molecule has 0 spiro atoms. The Morgan fingerprint density at radius 2 is 1.62 bits per heavy atom. The van der Waals surface area contributed by atoms with Crippen molar-refractivity contribution in [2.45, 2.75) is 4.90 Å². The predicted molar refractivity (Wildman–Crippen MR) is 93.4 cm³/mol. The van der Waals surface area contributed by atoms with Gasteiger partial charge in [0.15, 0.2) is 0 Å². The number of hydrogen-bond acceptors (Lipinski definition) is 3. The summed E-state index contributed by atoms with van der Waals surface area (Å²) in [5.41, 5.74) is 4.03. The number of rotatable bonds is 3. The molecule has 3 rings (SSSR count). The molecule has 1 aliphatic heterocycles. The molecule has 0 N–H and O–H groups in total. The maximum atomic E-state index is 2.53. The summed E-state index contributed by atoms with van der Waals surface area (Å²) in [6.45, 7) is 4.48. The fraction of sp³-hybridized carbons (Fsp3) is 0.333. The van der Waals surface area contributed by atoms with E-state index in [-0.39, 0.29) is 0 Å². The molecule has 0 radical (unpaired) electrons. The third kappa shape index (κ3) is 3.25. The van der Waals surface area contributed by atoms with E-state index in [1.165, 1.54) is 21.7 Å². The van der Waals surface area contributed by atoms with Crippen molar-refractivity contribution in [1.82, 2.24) is 4.90 Å². The van der Waals surface area contributed by atoms with E-state index in [0.29, 0.717) is 0 Å². The van der Waals surface area contributed by atoms with Crippen molar-refractivity contribution in [3.63, 3.8) is 0 Å². The zero-order chi connectivity index (χ0) is 14.7. The molecular weight excluding hydrogens is 276 g/mol. The molecule has 3 heteroatoms. The number of hydrogen-bond donors (Lipinski definition) is 0. The molecule has 21 heavy (non-hydrogen) atoms. The minimum Gasteiger partial charge on any atom is -0.368 e. The van der Waals surface area contributed by atoms with Gasteiger partial charge in [-0.05, 0) is 31.0 Å². The van der Waals surface area contributed by atoms with Gasteiger partial charge in [0.2, 0.25) is 0 Å². The monoisotopic (exact) mass is 298 g/mol. The summed E-state index contributed by atoms with van der Waals surface area (Å²) in [5.74, 6) is 0. The molecule has 2 aromatic rings. The summed E-state index contributed by atoms with van der Waals surface area (Å²) < 4.78 is 0. The lowest BCUT2D eigenvalue weighted by molar-refractivity contribution is 0.313. The second-order valence-electron chi connectivity index (χ2n) is 5.54. The van der Waals surface area contributed by atoms with Gasteiger partial charge in [0.25, 0.3) is 0 Å². The number of thioether (sulfide) groups is 1. The second kappa shape index (κ2) is 6.54. The van der Waals surface area contributed by atoms with Crippen LogP contribution in [0.2, 0.25) is 0 Å². The van der Waals surface area contributed by atoms with Gasteiger partial charge in [-0.15, -0.1) is 11.8 Å². The molecule has 0 amide bonds. The molecule has 1 heterocycles. The van der Waals surface area contributed by atoms with E-state index in [2.05, 4.69) is 71.6 Å². The van der Waals surface area contributed by atoms with Crippen molar-refractivity contribution in [3.8, 4) is 11.1 Å². The van der Waals surface area contributed by atoms with Crippen LogP contribution in [0.1, 0.15) is 0 Å². The average molecular weight is 298 g/mol. The lowest BCUT2D eigenvalue weighted by Crippen LogP contribution is -2.44. The maximum Gasteiger partial charge on any atom is 0.0458 e. The molecule has 0 unspecified atom stereocenters. The average Bonchev–Trinajstić information content (AvgIpc) is 2.56. The summed E-state index contributed by atoms with van der Waals surface area (Å²) >= 11 is 1.81. The highest BCUT2D eigenvalue weighted by Gasteiger charge is 2.18. The van der Waals surface area contributed by atoms with Crippen molar-refractivity contribution in [1.29, 1.82) is 0 Å². The van der Waals surface area contributed by atoms with E-state index in [9.17, 15) is 0 Å². The van der Waals surface area contributed by atoms with Gasteiger partial charge in [-0.25, -0.2) is 0 Å². The van der Waals surface area contributed by atoms with Gasteiger partial charge in [0.1, 0.15) is 0 Å². The molecule has 0 aliphatic carbocycles. The van der Waals surface area contributed by atoms with Crippen molar-refractivity contribution >= 4 is 17.4 Å². The van der Waals surface area contributed by atoms with Crippen LogP contribution in [0, 0.1) is 0 Å². The summed E-state index contributed by atoms with van der Waals surface area (Å²) in [6, 6.07) is 17.6. The van der Waals surface area contributed by atoms with Crippen LogP contribution in [0.4, 0.5) is 5.69 Å². The van der Waals surface area contributed by atoms with Crippen LogP contribution in [-0.4, -0.2) is 44.4 Å². The molecule has 1 aliphatic rings. The summed E-state index contributed by atoms with van der Waals surface area (Å²) in [7, 11) is 2.20. The molecule has 2 aromatic carbocycles. The van der Waals surface area contributed by atoms with Gasteiger partial charge < -0.3 is 9.80 Å². The number of benzene rings is 2. The first-order valence-corrected chi connectivity index (χ1v) is 8.67. The largest absolute Gasteiger partial charge is 0.368 e. The summed E-state index contributed by atoms with van der Waals surface area (Å²) in [4.78, 5) is 6.27. The smallest absolute Gasteiger partial charge is 0.0458 e. The zero-order valence-electron chi connectivity index (χ0n) is 12.7. The lowest BCUT2D eigenvalue weighted by atomic mass is 10.0. The van der Waals surface area contributed by atoms with E-state index in [0.717, 1.165) is 26.2 Å². The van der Waals surface area contributed by atoms with Gasteiger partial charge in [-0.1, -0.05) is 36.4 Å². The molecular formula is C18H22N2S. The Kier molecular flexibility index (Phi) is 4.51. The molecule has 0 saturated carbocycles. The van der Waals surface area contributed by atoms with E-state index >= 15 is 0 Å². The highest BCUT2D eigenvalue weighted by molar-refractivity contribution is 7.98. The Morgan fingerprint density at radius 1 is 0.905 bits per heavy atom. The fourth-order valence-electron chi connectivity index (χ4n) is 2.81. The predicted octanol–water partition coefficient (Wildman–Crippen LogP) is 3.83. The molecule has 1 fully saturated rings. The first-order chi connectivity index (χ1) is 10.3.